The molecule has 1 heterocycles. The summed E-state index contributed by atoms with van der Waals surface area (Å²) in [6, 6.07) is 2.07. The zero-order valence-electron chi connectivity index (χ0n) is 10.5. The van der Waals surface area contributed by atoms with Gasteiger partial charge in [-0.05, 0) is 35.2 Å². The van der Waals surface area contributed by atoms with Gasteiger partial charge >= 0.3 is 0 Å². The molecule has 18 heavy (non-hydrogen) atoms. The average molecular weight is 306 g/mol. The van der Waals surface area contributed by atoms with Crippen LogP contribution in [-0.4, -0.2) is 16.8 Å². The Hall–Kier alpha value is -0.250. The van der Waals surface area contributed by atoms with Crippen molar-refractivity contribution < 1.29 is 4.79 Å². The molecule has 1 amide bonds. The number of carbonyl (C=O) groups is 1. The number of rotatable bonds is 5. The van der Waals surface area contributed by atoms with Crippen molar-refractivity contribution in [3.05, 3.63) is 22.4 Å². The van der Waals surface area contributed by atoms with Crippen LogP contribution in [0, 0.1) is 11.3 Å². The highest BCUT2D eigenvalue weighted by Crippen LogP contribution is 2.70. The van der Waals surface area contributed by atoms with Crippen LogP contribution in [0.4, 0.5) is 0 Å². The number of amides is 1. The summed E-state index contributed by atoms with van der Waals surface area (Å²) in [4.78, 5) is 12.2. The zero-order valence-corrected chi connectivity index (χ0v) is 12.8. The Labute approximate surface area is 122 Å². The fourth-order valence-corrected chi connectivity index (χ4v) is 4.34. The maximum absolute atomic E-state index is 12.2. The molecule has 0 bridgehead atoms. The van der Waals surface area contributed by atoms with Crippen molar-refractivity contribution in [2.24, 2.45) is 11.3 Å². The molecule has 1 aromatic heterocycles. The van der Waals surface area contributed by atoms with Crippen LogP contribution in [0.3, 0.4) is 0 Å². The first kappa shape index (κ1) is 14.2. The van der Waals surface area contributed by atoms with E-state index in [1.54, 1.807) is 11.3 Å². The van der Waals surface area contributed by atoms with E-state index in [4.69, 9.17) is 23.2 Å². The second-order valence-electron chi connectivity index (χ2n) is 4.81. The fraction of sp³-hybridized carbons (Fsp3) is 0.615. The van der Waals surface area contributed by atoms with E-state index in [9.17, 15) is 4.79 Å². The molecule has 0 spiro atoms. The number of hydrogen-bond donors (Lipinski definition) is 1. The van der Waals surface area contributed by atoms with Gasteiger partial charge in [-0.15, -0.1) is 23.2 Å². The summed E-state index contributed by atoms with van der Waals surface area (Å²) in [5.41, 5.74) is 0.641. The molecule has 1 aliphatic carbocycles. The quantitative estimate of drug-likeness (QED) is 0.827. The molecule has 1 fully saturated rings. The summed E-state index contributed by atoms with van der Waals surface area (Å²) in [6.45, 7) is 4.53. The van der Waals surface area contributed by atoms with Gasteiger partial charge in [-0.25, -0.2) is 0 Å². The maximum atomic E-state index is 12.2. The first-order chi connectivity index (χ1) is 8.46. The highest BCUT2D eigenvalue weighted by Gasteiger charge is 2.76. The summed E-state index contributed by atoms with van der Waals surface area (Å²) in [5.74, 6) is -0.00258. The van der Waals surface area contributed by atoms with Gasteiger partial charge in [0.1, 0.15) is 4.33 Å². The van der Waals surface area contributed by atoms with Gasteiger partial charge < -0.3 is 5.32 Å². The predicted molar refractivity (Wildman–Crippen MR) is 77.4 cm³/mol. The molecule has 2 atom stereocenters. The molecule has 0 aromatic carbocycles. The van der Waals surface area contributed by atoms with E-state index in [2.05, 4.69) is 16.8 Å². The van der Waals surface area contributed by atoms with E-state index < -0.39 is 9.75 Å². The smallest absolute Gasteiger partial charge is 0.229 e. The Kier molecular flexibility index (Phi) is 3.96. The lowest BCUT2D eigenvalue weighted by Gasteiger charge is -2.15. The molecule has 0 saturated heterocycles. The van der Waals surface area contributed by atoms with E-state index in [1.165, 1.54) is 5.56 Å². The van der Waals surface area contributed by atoms with Crippen molar-refractivity contribution in [2.45, 2.75) is 31.0 Å². The minimum Gasteiger partial charge on any atom is -0.355 e. The third-order valence-corrected chi connectivity index (χ3v) is 6.10. The lowest BCUT2D eigenvalue weighted by molar-refractivity contribution is -0.126. The molecule has 1 N–H and O–H groups in total. The van der Waals surface area contributed by atoms with Crippen LogP contribution in [0.1, 0.15) is 25.8 Å². The molecular formula is C13H17Cl2NOS. The Bertz CT molecular complexity index is 432. The molecule has 0 aliphatic heterocycles. The van der Waals surface area contributed by atoms with E-state index in [-0.39, 0.29) is 11.8 Å². The largest absolute Gasteiger partial charge is 0.355 e. The van der Waals surface area contributed by atoms with Gasteiger partial charge in [0, 0.05) is 12.5 Å². The molecule has 2 unspecified atom stereocenters. The van der Waals surface area contributed by atoms with Crippen LogP contribution in [0.5, 0.6) is 0 Å². The van der Waals surface area contributed by atoms with E-state index >= 15 is 0 Å². The normalized spacial score (nSPS) is 29.0. The van der Waals surface area contributed by atoms with Crippen molar-refractivity contribution in [3.8, 4) is 0 Å². The third-order valence-electron chi connectivity index (χ3n) is 4.04. The summed E-state index contributed by atoms with van der Waals surface area (Å²) in [5, 5.41) is 7.09. The van der Waals surface area contributed by atoms with E-state index in [1.807, 2.05) is 19.2 Å². The molecule has 5 heteroatoms. The lowest BCUT2D eigenvalue weighted by Crippen LogP contribution is -2.36. The molecule has 2 rings (SSSR count). The van der Waals surface area contributed by atoms with Crippen LogP contribution in [0.2, 0.25) is 0 Å². The Morgan fingerprint density at radius 1 is 1.56 bits per heavy atom. The number of halogens is 2. The number of thiophene rings is 1. The SMILES string of the molecule is CCC1(C(=O)NCCc2ccsc2)C(C)C1(Cl)Cl. The minimum atomic E-state index is -0.909. The summed E-state index contributed by atoms with van der Waals surface area (Å²) < 4.78 is -0.909. The highest BCUT2D eigenvalue weighted by molar-refractivity contribution is 7.07. The molecule has 1 aromatic rings. The monoisotopic (exact) mass is 305 g/mol. The van der Waals surface area contributed by atoms with Gasteiger partial charge in [0.2, 0.25) is 5.91 Å². The van der Waals surface area contributed by atoms with Crippen molar-refractivity contribution in [3.63, 3.8) is 0 Å². The topological polar surface area (TPSA) is 29.1 Å². The summed E-state index contributed by atoms with van der Waals surface area (Å²) in [7, 11) is 0. The Morgan fingerprint density at radius 2 is 2.22 bits per heavy atom. The molecule has 2 nitrogen and oxygen atoms in total. The maximum Gasteiger partial charge on any atom is 0.229 e. The van der Waals surface area contributed by atoms with Gasteiger partial charge in [0.05, 0.1) is 5.41 Å². The van der Waals surface area contributed by atoms with E-state index in [0.29, 0.717) is 13.0 Å². The van der Waals surface area contributed by atoms with Crippen LogP contribution in [0.15, 0.2) is 16.8 Å². The van der Waals surface area contributed by atoms with Crippen LogP contribution in [0.25, 0.3) is 0 Å². The first-order valence-electron chi connectivity index (χ1n) is 6.14. The Morgan fingerprint density at radius 3 is 2.67 bits per heavy atom. The van der Waals surface area contributed by atoms with Crippen LogP contribution in [-0.2, 0) is 11.2 Å². The lowest BCUT2D eigenvalue weighted by atomic mass is 9.99. The fourth-order valence-electron chi connectivity index (χ4n) is 2.60. The minimum absolute atomic E-state index is 0.0134. The third kappa shape index (κ3) is 2.06. The van der Waals surface area contributed by atoms with Gasteiger partial charge in [-0.2, -0.15) is 11.3 Å². The van der Waals surface area contributed by atoms with Crippen LogP contribution < -0.4 is 5.32 Å². The summed E-state index contributed by atoms with van der Waals surface area (Å²) >= 11 is 14.1. The van der Waals surface area contributed by atoms with Crippen molar-refractivity contribution >= 4 is 40.4 Å². The average Bonchev–Trinajstić information content (AvgIpc) is 2.74. The molecule has 1 aliphatic rings. The highest BCUT2D eigenvalue weighted by atomic mass is 35.5. The van der Waals surface area contributed by atoms with Crippen molar-refractivity contribution in [1.29, 1.82) is 0 Å². The second kappa shape index (κ2) is 5.03. The van der Waals surface area contributed by atoms with Gasteiger partial charge in [0.25, 0.3) is 0 Å². The second-order valence-corrected chi connectivity index (χ2v) is 6.97. The predicted octanol–water partition coefficient (Wildman–Crippen LogP) is 3.63. The number of carbonyl (C=O) groups excluding carboxylic acids is 1. The first-order valence-corrected chi connectivity index (χ1v) is 7.84. The molecule has 0 radical (unpaired) electrons. The van der Waals surface area contributed by atoms with E-state index in [0.717, 1.165) is 6.42 Å². The molecular weight excluding hydrogens is 289 g/mol. The van der Waals surface area contributed by atoms with Crippen molar-refractivity contribution in [1.82, 2.24) is 5.32 Å². The number of nitrogens with one attached hydrogen (secondary N) is 1. The summed E-state index contributed by atoms with van der Waals surface area (Å²) in [6.07, 6.45) is 1.52. The zero-order chi connectivity index (χ0) is 13.4. The molecule has 1 saturated carbocycles. The van der Waals surface area contributed by atoms with Gasteiger partial charge in [-0.3, -0.25) is 4.79 Å². The number of alkyl halides is 2. The molecule has 100 valence electrons. The number of hydrogen-bond acceptors (Lipinski definition) is 2. The Balaban J connectivity index is 1.89. The van der Waals surface area contributed by atoms with Crippen LogP contribution >= 0.6 is 34.5 Å². The van der Waals surface area contributed by atoms with Gasteiger partial charge in [-0.1, -0.05) is 13.8 Å². The van der Waals surface area contributed by atoms with Gasteiger partial charge in [0.15, 0.2) is 0 Å². The standard InChI is InChI=1S/C13H17Cl2NOS/c1-3-12(9(2)13(12,14)15)11(17)16-6-4-10-5-7-18-8-10/h5,7-9H,3-4,6H2,1-2H3,(H,16,17). The van der Waals surface area contributed by atoms with Crippen molar-refractivity contribution in [2.75, 3.05) is 6.54 Å².